The number of hydrogen-bond donors (Lipinski definition) is 0. The highest BCUT2D eigenvalue weighted by Gasteiger charge is 2.31. The average molecular weight is 443 g/mol. The van der Waals surface area contributed by atoms with Crippen LogP contribution >= 0.6 is 0 Å². The topological polar surface area (TPSA) is 27.1 Å². The van der Waals surface area contributed by atoms with Crippen LogP contribution in [0.1, 0.15) is 38.8 Å². The summed E-state index contributed by atoms with van der Waals surface area (Å²) in [6.45, 7) is 7.66. The van der Waals surface area contributed by atoms with Crippen LogP contribution in [0.2, 0.25) is 0 Å². The summed E-state index contributed by atoms with van der Waals surface area (Å²) in [6.07, 6.45) is 3.57. The van der Waals surface area contributed by atoms with Crippen molar-refractivity contribution in [1.82, 2.24) is 9.55 Å². The number of hydrogen-bond acceptors (Lipinski definition) is 2. The van der Waals surface area contributed by atoms with Crippen molar-refractivity contribution in [2.24, 2.45) is 0 Å². The molecule has 0 amide bonds. The molecule has 0 saturated carbocycles. The molecule has 170 valence electrons. The first kappa shape index (κ1) is 22.8. The number of alkyl halides is 1. The fraction of sp³-hybridized carbons (Fsp3) is 0.276. The van der Waals surface area contributed by atoms with Gasteiger partial charge in [-0.25, -0.2) is 9.37 Å². The van der Waals surface area contributed by atoms with Crippen LogP contribution in [0, 0.1) is 0 Å². The van der Waals surface area contributed by atoms with Gasteiger partial charge in [-0.2, -0.15) is 0 Å². The first-order chi connectivity index (χ1) is 15.9. The third-order valence-corrected chi connectivity index (χ3v) is 6.64. The number of methoxy groups -OCH3 is 1. The Kier molecular flexibility index (Phi) is 6.37. The summed E-state index contributed by atoms with van der Waals surface area (Å²) < 4.78 is 22.5. The van der Waals surface area contributed by atoms with Crippen molar-refractivity contribution in [3.63, 3.8) is 0 Å². The number of rotatable bonds is 7. The Bertz CT molecular complexity index is 1240. The average Bonchev–Trinajstić information content (AvgIpc) is 3.32. The molecule has 33 heavy (non-hydrogen) atoms. The van der Waals surface area contributed by atoms with Gasteiger partial charge < -0.3 is 4.74 Å². The second kappa shape index (κ2) is 9.22. The highest BCUT2D eigenvalue weighted by molar-refractivity contribution is 5.76. The van der Waals surface area contributed by atoms with Gasteiger partial charge in [0.1, 0.15) is 17.7 Å². The molecule has 0 unspecified atom stereocenters. The van der Waals surface area contributed by atoms with Crippen molar-refractivity contribution >= 4 is 0 Å². The summed E-state index contributed by atoms with van der Waals surface area (Å²) in [6, 6.07) is 22.5. The van der Waals surface area contributed by atoms with E-state index in [-0.39, 0.29) is 0 Å². The summed E-state index contributed by atoms with van der Waals surface area (Å²) in [4.78, 5) is 4.73. The molecule has 0 radical (unpaired) electrons. The Labute approximate surface area is 195 Å². The highest BCUT2D eigenvalue weighted by atomic mass is 19.1. The number of nitrogens with zero attached hydrogens (tertiary/aromatic N) is 2. The summed E-state index contributed by atoms with van der Waals surface area (Å²) >= 11 is 0. The molecule has 3 aromatic carbocycles. The predicted octanol–water partition coefficient (Wildman–Crippen LogP) is 7.41. The van der Waals surface area contributed by atoms with E-state index in [2.05, 4.69) is 41.8 Å². The van der Waals surface area contributed by atoms with Gasteiger partial charge in [0.15, 0.2) is 0 Å². The zero-order chi connectivity index (χ0) is 23.6. The molecular formula is C29H31FN2O. The maximum atomic E-state index is 14.6. The van der Waals surface area contributed by atoms with E-state index in [4.69, 9.17) is 9.72 Å². The Balaban J connectivity index is 1.98. The van der Waals surface area contributed by atoms with Crippen LogP contribution in [-0.2, 0) is 11.8 Å². The van der Waals surface area contributed by atoms with Gasteiger partial charge >= 0.3 is 0 Å². The third-order valence-electron chi connectivity index (χ3n) is 6.64. The minimum absolute atomic E-state index is 0.656. The Hall–Kier alpha value is -3.40. The first-order valence-electron chi connectivity index (χ1n) is 11.4. The van der Waals surface area contributed by atoms with E-state index in [1.54, 1.807) is 20.2 Å². The predicted molar refractivity (Wildman–Crippen MR) is 134 cm³/mol. The zero-order valence-electron chi connectivity index (χ0n) is 20.0. The largest absolute Gasteiger partial charge is 0.495 e. The Morgan fingerprint density at radius 2 is 1.67 bits per heavy atom. The SMILES string of the molecule is CCc1c(-c2ccccc2)ccc(OC)c1-n1ccnc1-c1ccccc1C(C)(C)[C@@H](C)F. The molecule has 1 atom stereocenters. The van der Waals surface area contributed by atoms with E-state index in [1.807, 2.05) is 56.4 Å². The van der Waals surface area contributed by atoms with Crippen molar-refractivity contribution in [3.05, 3.63) is 90.3 Å². The number of halogens is 1. The van der Waals surface area contributed by atoms with Crippen molar-refractivity contribution in [3.8, 4) is 34.0 Å². The third kappa shape index (κ3) is 4.06. The van der Waals surface area contributed by atoms with Gasteiger partial charge in [0.25, 0.3) is 0 Å². The van der Waals surface area contributed by atoms with E-state index < -0.39 is 11.6 Å². The number of ether oxygens (including phenoxy) is 1. The van der Waals surface area contributed by atoms with Gasteiger partial charge in [-0.3, -0.25) is 4.57 Å². The molecule has 0 fully saturated rings. The van der Waals surface area contributed by atoms with Gasteiger partial charge in [-0.05, 0) is 41.7 Å². The number of aromatic nitrogens is 2. The first-order valence-corrected chi connectivity index (χ1v) is 11.4. The van der Waals surface area contributed by atoms with Gasteiger partial charge in [-0.1, -0.05) is 81.4 Å². The molecule has 1 aromatic heterocycles. The lowest BCUT2D eigenvalue weighted by Gasteiger charge is -2.29. The van der Waals surface area contributed by atoms with Crippen LogP contribution in [0.25, 0.3) is 28.2 Å². The lowest BCUT2D eigenvalue weighted by molar-refractivity contribution is 0.237. The van der Waals surface area contributed by atoms with Crippen molar-refractivity contribution in [1.29, 1.82) is 0 Å². The molecule has 1 heterocycles. The second-order valence-corrected chi connectivity index (χ2v) is 8.87. The standard InChI is InChI=1S/C29H31FN2O/c1-6-22-23(21-12-8-7-9-13-21)16-17-26(33-5)27(22)32-19-18-31-28(32)24-14-10-11-15-25(24)29(3,4)20(2)30/h7-20H,6H2,1-5H3/t20-/m1/s1. The van der Waals surface area contributed by atoms with Crippen molar-refractivity contribution < 1.29 is 9.13 Å². The maximum absolute atomic E-state index is 14.6. The lowest BCUT2D eigenvalue weighted by Crippen LogP contribution is -2.28. The second-order valence-electron chi connectivity index (χ2n) is 8.87. The van der Waals surface area contributed by atoms with Gasteiger partial charge in [0.2, 0.25) is 0 Å². The summed E-state index contributed by atoms with van der Waals surface area (Å²) in [5, 5.41) is 0. The van der Waals surface area contributed by atoms with Crippen LogP contribution in [0.5, 0.6) is 5.75 Å². The molecule has 0 bridgehead atoms. The van der Waals surface area contributed by atoms with Crippen molar-refractivity contribution in [2.45, 2.75) is 45.7 Å². The van der Waals surface area contributed by atoms with Gasteiger partial charge in [0, 0.05) is 23.4 Å². The molecule has 3 nitrogen and oxygen atoms in total. The summed E-state index contributed by atoms with van der Waals surface area (Å²) in [5.41, 5.74) is 5.67. The number of benzene rings is 3. The van der Waals surface area contributed by atoms with Crippen LogP contribution in [0.4, 0.5) is 4.39 Å². The monoisotopic (exact) mass is 442 g/mol. The van der Waals surface area contributed by atoms with Crippen LogP contribution < -0.4 is 4.74 Å². The normalized spacial score (nSPS) is 12.5. The summed E-state index contributed by atoms with van der Waals surface area (Å²) in [5.74, 6) is 1.55. The molecule has 0 N–H and O–H groups in total. The molecule has 0 aliphatic heterocycles. The van der Waals surface area contributed by atoms with E-state index in [0.717, 1.165) is 40.4 Å². The molecule has 0 spiro atoms. The summed E-state index contributed by atoms with van der Waals surface area (Å²) in [7, 11) is 1.69. The maximum Gasteiger partial charge on any atom is 0.144 e. The Morgan fingerprint density at radius 3 is 2.33 bits per heavy atom. The fourth-order valence-electron chi connectivity index (χ4n) is 4.43. The molecule has 0 aliphatic rings. The molecule has 4 heteroatoms. The minimum Gasteiger partial charge on any atom is -0.495 e. The van der Waals surface area contributed by atoms with Crippen LogP contribution in [-0.4, -0.2) is 22.8 Å². The van der Waals surface area contributed by atoms with Crippen LogP contribution in [0.3, 0.4) is 0 Å². The lowest BCUT2D eigenvalue weighted by atomic mass is 9.78. The van der Waals surface area contributed by atoms with E-state index in [0.29, 0.717) is 0 Å². The number of imidazole rings is 1. The van der Waals surface area contributed by atoms with E-state index in [1.165, 1.54) is 11.1 Å². The molecule has 4 aromatic rings. The van der Waals surface area contributed by atoms with Crippen molar-refractivity contribution in [2.75, 3.05) is 7.11 Å². The molecule has 0 saturated heterocycles. The van der Waals surface area contributed by atoms with Gasteiger partial charge in [0.05, 0.1) is 12.8 Å². The molecule has 0 aliphatic carbocycles. The quantitative estimate of drug-likeness (QED) is 0.298. The van der Waals surface area contributed by atoms with E-state index >= 15 is 0 Å². The highest BCUT2D eigenvalue weighted by Crippen LogP contribution is 2.40. The molecule has 4 rings (SSSR count). The zero-order valence-corrected chi connectivity index (χ0v) is 20.0. The van der Waals surface area contributed by atoms with E-state index in [9.17, 15) is 4.39 Å². The Morgan fingerprint density at radius 1 is 0.970 bits per heavy atom. The minimum atomic E-state index is -1.01. The smallest absolute Gasteiger partial charge is 0.144 e. The fourth-order valence-corrected chi connectivity index (χ4v) is 4.43. The molecular weight excluding hydrogens is 411 g/mol. The van der Waals surface area contributed by atoms with Crippen LogP contribution in [0.15, 0.2) is 79.1 Å². The van der Waals surface area contributed by atoms with Gasteiger partial charge in [-0.15, -0.1) is 0 Å².